The van der Waals surface area contributed by atoms with E-state index in [1.807, 2.05) is 0 Å². The van der Waals surface area contributed by atoms with Crippen LogP contribution in [0.25, 0.3) is 0 Å². The molecule has 1 aliphatic carbocycles. The van der Waals surface area contributed by atoms with Gasteiger partial charge in [0, 0.05) is 5.92 Å². The van der Waals surface area contributed by atoms with Crippen molar-refractivity contribution in [1.29, 1.82) is 0 Å². The molecule has 3 heteroatoms. The van der Waals surface area contributed by atoms with Gasteiger partial charge in [0.15, 0.2) is 6.17 Å². The standard InChI is InChI=1S/C10H17FO2/c1-7(9(11)10(12)13)8-5-3-2-4-6-8/h7-9H,2-6H2,1H3,(H,12,13). The zero-order valence-corrected chi connectivity index (χ0v) is 8.00. The second kappa shape index (κ2) is 4.58. The number of carboxylic acids is 1. The Kier molecular flexibility index (Phi) is 3.70. The number of carboxylic acid groups (broad SMARTS) is 1. The van der Waals surface area contributed by atoms with Crippen LogP contribution in [0.15, 0.2) is 0 Å². The summed E-state index contributed by atoms with van der Waals surface area (Å²) in [6.45, 7) is 1.72. The molecule has 2 atom stereocenters. The SMILES string of the molecule is CC(C1CCCCC1)C(F)C(=O)O. The van der Waals surface area contributed by atoms with Crippen LogP contribution in [0, 0.1) is 11.8 Å². The van der Waals surface area contributed by atoms with Crippen molar-refractivity contribution in [3.05, 3.63) is 0 Å². The number of carbonyl (C=O) groups is 1. The second-order valence-electron chi connectivity index (χ2n) is 4.00. The smallest absolute Gasteiger partial charge is 0.338 e. The van der Waals surface area contributed by atoms with Crippen LogP contribution in [0.2, 0.25) is 0 Å². The molecule has 1 aliphatic rings. The van der Waals surface area contributed by atoms with Gasteiger partial charge in [0.05, 0.1) is 0 Å². The minimum absolute atomic E-state index is 0.278. The van der Waals surface area contributed by atoms with Gasteiger partial charge in [-0.25, -0.2) is 9.18 Å². The Labute approximate surface area is 78.1 Å². The van der Waals surface area contributed by atoms with Gasteiger partial charge in [0.25, 0.3) is 0 Å². The molecule has 1 fully saturated rings. The largest absolute Gasteiger partial charge is 0.479 e. The first-order valence-electron chi connectivity index (χ1n) is 5.00. The van der Waals surface area contributed by atoms with Crippen molar-refractivity contribution >= 4 is 5.97 Å². The molecule has 0 aliphatic heterocycles. The van der Waals surface area contributed by atoms with Gasteiger partial charge in [-0.15, -0.1) is 0 Å². The lowest BCUT2D eigenvalue weighted by atomic mass is 9.79. The summed E-state index contributed by atoms with van der Waals surface area (Å²) < 4.78 is 13.1. The summed E-state index contributed by atoms with van der Waals surface area (Å²) in [7, 11) is 0. The van der Waals surface area contributed by atoms with Crippen molar-refractivity contribution in [3.8, 4) is 0 Å². The Balaban J connectivity index is 2.44. The third-order valence-electron chi connectivity index (χ3n) is 3.09. The number of hydrogen-bond donors (Lipinski definition) is 1. The lowest BCUT2D eigenvalue weighted by Crippen LogP contribution is -2.30. The molecule has 1 N–H and O–H groups in total. The molecule has 0 bridgehead atoms. The van der Waals surface area contributed by atoms with E-state index in [0.29, 0.717) is 0 Å². The number of aliphatic carboxylic acids is 1. The zero-order chi connectivity index (χ0) is 9.84. The first kappa shape index (κ1) is 10.5. The minimum atomic E-state index is -1.68. The van der Waals surface area contributed by atoms with Crippen LogP contribution in [0.3, 0.4) is 0 Å². The Morgan fingerprint density at radius 3 is 2.38 bits per heavy atom. The van der Waals surface area contributed by atoms with Crippen molar-refractivity contribution < 1.29 is 14.3 Å². The molecule has 2 nitrogen and oxygen atoms in total. The van der Waals surface area contributed by atoms with Gasteiger partial charge < -0.3 is 5.11 Å². The highest BCUT2D eigenvalue weighted by atomic mass is 19.1. The van der Waals surface area contributed by atoms with E-state index in [9.17, 15) is 9.18 Å². The van der Waals surface area contributed by atoms with Crippen molar-refractivity contribution in [2.24, 2.45) is 11.8 Å². The molecule has 0 spiro atoms. The predicted molar refractivity (Wildman–Crippen MR) is 48.3 cm³/mol. The van der Waals surface area contributed by atoms with Gasteiger partial charge in [-0.1, -0.05) is 39.0 Å². The van der Waals surface area contributed by atoms with Crippen LogP contribution < -0.4 is 0 Å². The zero-order valence-electron chi connectivity index (χ0n) is 8.00. The number of alkyl halides is 1. The molecule has 0 amide bonds. The molecule has 1 saturated carbocycles. The van der Waals surface area contributed by atoms with Gasteiger partial charge in [0.2, 0.25) is 0 Å². The molecule has 76 valence electrons. The topological polar surface area (TPSA) is 37.3 Å². The fourth-order valence-corrected chi connectivity index (χ4v) is 2.12. The lowest BCUT2D eigenvalue weighted by Gasteiger charge is -2.28. The van der Waals surface area contributed by atoms with E-state index in [2.05, 4.69) is 0 Å². The summed E-state index contributed by atoms with van der Waals surface area (Å²) in [5, 5.41) is 8.51. The molecule has 0 heterocycles. The molecular formula is C10H17FO2. The summed E-state index contributed by atoms with van der Waals surface area (Å²) in [6.07, 6.45) is 3.78. The van der Waals surface area contributed by atoms with Gasteiger partial charge in [-0.2, -0.15) is 0 Å². The molecule has 0 radical (unpaired) electrons. The molecule has 2 unspecified atom stereocenters. The average Bonchev–Trinajstić information content (AvgIpc) is 2.17. The fourth-order valence-electron chi connectivity index (χ4n) is 2.12. The summed E-state index contributed by atoms with van der Waals surface area (Å²) in [6, 6.07) is 0. The van der Waals surface area contributed by atoms with Crippen molar-refractivity contribution in [2.45, 2.75) is 45.2 Å². The molecule has 0 saturated heterocycles. The van der Waals surface area contributed by atoms with Crippen molar-refractivity contribution in [1.82, 2.24) is 0 Å². The van der Waals surface area contributed by atoms with E-state index in [4.69, 9.17) is 5.11 Å². The highest BCUT2D eigenvalue weighted by Gasteiger charge is 2.31. The Morgan fingerprint density at radius 1 is 1.38 bits per heavy atom. The van der Waals surface area contributed by atoms with Gasteiger partial charge in [-0.3, -0.25) is 0 Å². The van der Waals surface area contributed by atoms with Crippen LogP contribution >= 0.6 is 0 Å². The number of hydrogen-bond acceptors (Lipinski definition) is 1. The Morgan fingerprint density at radius 2 is 1.92 bits per heavy atom. The summed E-state index contributed by atoms with van der Waals surface area (Å²) >= 11 is 0. The van der Waals surface area contributed by atoms with E-state index in [0.717, 1.165) is 25.7 Å². The Hall–Kier alpha value is -0.600. The Bertz CT molecular complexity index is 176. The third kappa shape index (κ3) is 2.68. The van der Waals surface area contributed by atoms with E-state index < -0.39 is 12.1 Å². The number of rotatable bonds is 3. The second-order valence-corrected chi connectivity index (χ2v) is 4.00. The van der Waals surface area contributed by atoms with Gasteiger partial charge >= 0.3 is 5.97 Å². The summed E-state index contributed by atoms with van der Waals surface area (Å²) in [4.78, 5) is 10.4. The monoisotopic (exact) mass is 188 g/mol. The van der Waals surface area contributed by atoms with E-state index >= 15 is 0 Å². The van der Waals surface area contributed by atoms with Crippen LogP contribution in [0.4, 0.5) is 4.39 Å². The molecule has 13 heavy (non-hydrogen) atoms. The first-order valence-corrected chi connectivity index (χ1v) is 5.00. The van der Waals surface area contributed by atoms with Crippen LogP contribution in [0.5, 0.6) is 0 Å². The third-order valence-corrected chi connectivity index (χ3v) is 3.09. The van der Waals surface area contributed by atoms with Crippen LogP contribution in [-0.2, 0) is 4.79 Å². The quantitative estimate of drug-likeness (QED) is 0.739. The molecule has 1 rings (SSSR count). The maximum absolute atomic E-state index is 13.1. The molecule has 0 aromatic heterocycles. The highest BCUT2D eigenvalue weighted by Crippen LogP contribution is 2.32. The number of halogens is 1. The molecule has 0 aromatic carbocycles. The fraction of sp³-hybridized carbons (Fsp3) is 0.900. The first-order chi connectivity index (χ1) is 6.13. The lowest BCUT2D eigenvalue weighted by molar-refractivity contribution is -0.145. The minimum Gasteiger partial charge on any atom is -0.479 e. The predicted octanol–water partition coefficient (Wildman–Crippen LogP) is 2.63. The highest BCUT2D eigenvalue weighted by molar-refractivity contribution is 5.72. The summed E-state index contributed by atoms with van der Waals surface area (Å²) in [5.41, 5.74) is 0. The maximum Gasteiger partial charge on any atom is 0.338 e. The van der Waals surface area contributed by atoms with Crippen molar-refractivity contribution in [3.63, 3.8) is 0 Å². The maximum atomic E-state index is 13.1. The molecular weight excluding hydrogens is 171 g/mol. The van der Waals surface area contributed by atoms with Crippen LogP contribution in [-0.4, -0.2) is 17.2 Å². The summed E-state index contributed by atoms with van der Waals surface area (Å²) in [5.74, 6) is -1.35. The van der Waals surface area contributed by atoms with Gasteiger partial charge in [-0.05, 0) is 5.92 Å². The van der Waals surface area contributed by atoms with Crippen molar-refractivity contribution in [2.75, 3.05) is 0 Å². The molecule has 0 aromatic rings. The normalized spacial score (nSPS) is 23.8. The van der Waals surface area contributed by atoms with E-state index in [1.54, 1.807) is 6.92 Å². The van der Waals surface area contributed by atoms with Crippen LogP contribution in [0.1, 0.15) is 39.0 Å². The van der Waals surface area contributed by atoms with Gasteiger partial charge in [0.1, 0.15) is 0 Å². The van der Waals surface area contributed by atoms with E-state index in [1.165, 1.54) is 6.42 Å². The van der Waals surface area contributed by atoms with E-state index in [-0.39, 0.29) is 11.8 Å². The average molecular weight is 188 g/mol.